The summed E-state index contributed by atoms with van der Waals surface area (Å²) >= 11 is 0. The number of nitrogens with one attached hydrogen (secondary N) is 1. The lowest BCUT2D eigenvalue weighted by Gasteiger charge is -2.22. The Hall–Kier alpha value is -2.69. The number of rotatable bonds is 4. The van der Waals surface area contributed by atoms with Crippen LogP contribution >= 0.6 is 0 Å². The molecular weight excluding hydrogens is 283 g/mol. The number of hydrogen-bond acceptors (Lipinski definition) is 2. The van der Waals surface area contributed by atoms with E-state index in [0.717, 1.165) is 5.56 Å². The number of hydrogen-bond donors (Lipinski definition) is 1. The summed E-state index contributed by atoms with van der Waals surface area (Å²) in [6, 6.07) is 12.8. The van der Waals surface area contributed by atoms with Gasteiger partial charge in [-0.3, -0.25) is 9.59 Å². The molecule has 0 saturated heterocycles. The van der Waals surface area contributed by atoms with Crippen molar-refractivity contribution in [3.63, 3.8) is 0 Å². The second-order valence-corrected chi connectivity index (χ2v) is 4.95. The molecule has 0 aromatic heterocycles. The molecule has 0 aliphatic heterocycles. The maximum absolute atomic E-state index is 12.8. The van der Waals surface area contributed by atoms with Crippen molar-refractivity contribution in [2.45, 2.75) is 13.8 Å². The second-order valence-electron chi connectivity index (χ2n) is 4.95. The summed E-state index contributed by atoms with van der Waals surface area (Å²) in [5, 5.41) is 2.64. The van der Waals surface area contributed by atoms with E-state index < -0.39 is 0 Å². The van der Waals surface area contributed by atoms with Gasteiger partial charge in [0, 0.05) is 18.3 Å². The number of carbonyl (C=O) groups excluding carboxylic acids is 2. The third kappa shape index (κ3) is 3.91. The number of nitrogens with zero attached hydrogens (tertiary/aromatic N) is 1. The third-order valence-corrected chi connectivity index (χ3v) is 3.22. The van der Waals surface area contributed by atoms with Gasteiger partial charge in [0.1, 0.15) is 12.4 Å². The molecule has 0 unspecified atom stereocenters. The quantitative estimate of drug-likeness (QED) is 0.943. The predicted molar refractivity (Wildman–Crippen MR) is 84.2 cm³/mol. The molecule has 0 spiro atoms. The van der Waals surface area contributed by atoms with Crippen molar-refractivity contribution in [2.24, 2.45) is 0 Å². The highest BCUT2D eigenvalue weighted by Crippen LogP contribution is 2.19. The summed E-state index contributed by atoms with van der Waals surface area (Å²) in [6.45, 7) is 3.19. The number of aryl methyl sites for hydroxylation is 1. The lowest BCUT2D eigenvalue weighted by molar-refractivity contribution is -0.120. The zero-order valence-corrected chi connectivity index (χ0v) is 12.5. The van der Waals surface area contributed by atoms with E-state index in [-0.39, 0.29) is 24.2 Å². The first-order chi connectivity index (χ1) is 10.5. The van der Waals surface area contributed by atoms with Crippen LogP contribution in [0.2, 0.25) is 0 Å². The monoisotopic (exact) mass is 300 g/mol. The molecule has 22 heavy (non-hydrogen) atoms. The lowest BCUT2D eigenvalue weighted by atomic mass is 10.2. The van der Waals surface area contributed by atoms with Crippen LogP contribution in [0.1, 0.15) is 12.5 Å². The van der Waals surface area contributed by atoms with Crippen LogP contribution in [0.4, 0.5) is 15.8 Å². The van der Waals surface area contributed by atoms with E-state index in [1.807, 2.05) is 25.1 Å². The smallest absolute Gasteiger partial charge is 0.244 e. The zero-order valence-electron chi connectivity index (χ0n) is 12.5. The SMILES string of the molecule is CC(=O)N(CC(=O)Nc1ccc(F)cc1)c1ccccc1C. The Balaban J connectivity index is 2.11. The van der Waals surface area contributed by atoms with Crippen LogP contribution < -0.4 is 10.2 Å². The normalized spacial score (nSPS) is 10.1. The minimum atomic E-state index is -0.372. The summed E-state index contributed by atoms with van der Waals surface area (Å²) in [4.78, 5) is 25.3. The van der Waals surface area contributed by atoms with Gasteiger partial charge in [-0.05, 0) is 42.8 Å². The first kappa shape index (κ1) is 15.7. The van der Waals surface area contributed by atoms with Gasteiger partial charge in [-0.15, -0.1) is 0 Å². The highest BCUT2D eigenvalue weighted by Gasteiger charge is 2.17. The van der Waals surface area contributed by atoms with Gasteiger partial charge in [-0.2, -0.15) is 0 Å². The molecule has 0 aliphatic carbocycles. The topological polar surface area (TPSA) is 49.4 Å². The summed E-state index contributed by atoms with van der Waals surface area (Å²) in [5.74, 6) is -0.933. The van der Waals surface area contributed by atoms with E-state index in [4.69, 9.17) is 0 Å². The Kier molecular flexibility index (Phi) is 4.88. The van der Waals surface area contributed by atoms with Gasteiger partial charge in [0.2, 0.25) is 11.8 Å². The van der Waals surface area contributed by atoms with Crippen LogP contribution in [0.5, 0.6) is 0 Å². The molecule has 0 heterocycles. The summed E-state index contributed by atoms with van der Waals surface area (Å²) in [6.07, 6.45) is 0. The standard InChI is InChI=1S/C17H17FN2O2/c1-12-5-3-4-6-16(12)20(13(2)21)11-17(22)19-15-9-7-14(18)8-10-15/h3-10H,11H2,1-2H3,(H,19,22). The molecule has 0 aliphatic rings. The highest BCUT2D eigenvalue weighted by atomic mass is 19.1. The van der Waals surface area contributed by atoms with Crippen LogP contribution in [0.3, 0.4) is 0 Å². The van der Waals surface area contributed by atoms with Crippen LogP contribution in [0, 0.1) is 12.7 Å². The van der Waals surface area contributed by atoms with Gasteiger partial charge in [-0.1, -0.05) is 18.2 Å². The van der Waals surface area contributed by atoms with E-state index in [1.165, 1.54) is 36.1 Å². The lowest BCUT2D eigenvalue weighted by Crippen LogP contribution is -2.37. The highest BCUT2D eigenvalue weighted by molar-refractivity contribution is 6.02. The fourth-order valence-corrected chi connectivity index (χ4v) is 2.11. The number of benzene rings is 2. The van der Waals surface area contributed by atoms with Gasteiger partial charge in [0.15, 0.2) is 0 Å². The maximum atomic E-state index is 12.8. The van der Waals surface area contributed by atoms with Crippen molar-refractivity contribution in [2.75, 3.05) is 16.8 Å². The van der Waals surface area contributed by atoms with Crippen LogP contribution in [0.25, 0.3) is 0 Å². The van der Waals surface area contributed by atoms with Gasteiger partial charge >= 0.3 is 0 Å². The molecule has 0 atom stereocenters. The van der Waals surface area contributed by atoms with Gasteiger partial charge in [0.25, 0.3) is 0 Å². The fraction of sp³-hybridized carbons (Fsp3) is 0.176. The second kappa shape index (κ2) is 6.85. The van der Waals surface area contributed by atoms with Crippen molar-refractivity contribution in [3.8, 4) is 0 Å². The van der Waals surface area contributed by atoms with Crippen molar-refractivity contribution in [1.82, 2.24) is 0 Å². The number of anilines is 2. The van der Waals surface area contributed by atoms with Crippen molar-refractivity contribution in [3.05, 3.63) is 59.9 Å². The molecule has 0 saturated carbocycles. The van der Waals surface area contributed by atoms with E-state index >= 15 is 0 Å². The third-order valence-electron chi connectivity index (χ3n) is 3.22. The van der Waals surface area contributed by atoms with Crippen LogP contribution in [-0.4, -0.2) is 18.4 Å². The minimum Gasteiger partial charge on any atom is -0.325 e. The van der Waals surface area contributed by atoms with Crippen molar-refractivity contribution >= 4 is 23.2 Å². The molecule has 0 bridgehead atoms. The molecule has 1 N–H and O–H groups in total. The van der Waals surface area contributed by atoms with E-state index in [9.17, 15) is 14.0 Å². The molecular formula is C17H17FN2O2. The first-order valence-corrected chi connectivity index (χ1v) is 6.86. The summed E-state index contributed by atoms with van der Waals surface area (Å²) in [7, 11) is 0. The average Bonchev–Trinajstić information content (AvgIpc) is 2.48. The first-order valence-electron chi connectivity index (χ1n) is 6.86. The maximum Gasteiger partial charge on any atom is 0.244 e. The molecule has 2 rings (SSSR count). The number of halogens is 1. The summed E-state index contributed by atoms with van der Waals surface area (Å²) < 4.78 is 12.8. The van der Waals surface area contributed by atoms with E-state index in [2.05, 4.69) is 5.32 Å². The summed E-state index contributed by atoms with van der Waals surface area (Å²) in [5.41, 5.74) is 2.09. The zero-order chi connectivity index (χ0) is 16.1. The molecule has 2 aromatic rings. The van der Waals surface area contributed by atoms with Gasteiger partial charge in [0.05, 0.1) is 0 Å². The average molecular weight is 300 g/mol. The molecule has 114 valence electrons. The molecule has 4 nitrogen and oxygen atoms in total. The van der Waals surface area contributed by atoms with E-state index in [1.54, 1.807) is 6.07 Å². The van der Waals surface area contributed by atoms with E-state index in [0.29, 0.717) is 11.4 Å². The molecule has 0 radical (unpaired) electrons. The Morgan fingerprint density at radius 2 is 1.73 bits per heavy atom. The van der Waals surface area contributed by atoms with Crippen LogP contribution in [0.15, 0.2) is 48.5 Å². The molecule has 2 amide bonds. The fourth-order valence-electron chi connectivity index (χ4n) is 2.11. The van der Waals surface area contributed by atoms with Gasteiger partial charge < -0.3 is 10.2 Å². The molecule has 2 aromatic carbocycles. The Bertz CT molecular complexity index is 683. The minimum absolute atomic E-state index is 0.0996. The van der Waals surface area contributed by atoms with Crippen molar-refractivity contribution < 1.29 is 14.0 Å². The van der Waals surface area contributed by atoms with Crippen molar-refractivity contribution in [1.29, 1.82) is 0 Å². The van der Waals surface area contributed by atoms with Gasteiger partial charge in [-0.25, -0.2) is 4.39 Å². The Morgan fingerprint density at radius 1 is 1.09 bits per heavy atom. The van der Waals surface area contributed by atoms with Crippen LogP contribution in [-0.2, 0) is 9.59 Å². The Labute approximate surface area is 128 Å². The number of para-hydroxylation sites is 1. The largest absolute Gasteiger partial charge is 0.325 e. The predicted octanol–water partition coefficient (Wildman–Crippen LogP) is 3.13. The number of amides is 2. The number of carbonyl (C=O) groups is 2. The Morgan fingerprint density at radius 3 is 2.32 bits per heavy atom. The molecule has 0 fully saturated rings. The molecule has 5 heteroatoms.